The molecule has 1 saturated carbocycles. The summed E-state index contributed by atoms with van der Waals surface area (Å²) in [6.45, 7) is 6.37. The topological polar surface area (TPSA) is 132 Å². The number of aryl methyl sites for hydroxylation is 1. The third kappa shape index (κ3) is 8.18. The Kier molecular flexibility index (Phi) is 8.67. The number of ether oxygens (including phenoxy) is 2. The van der Waals surface area contributed by atoms with Crippen LogP contribution >= 0.6 is 0 Å². The highest BCUT2D eigenvalue weighted by Crippen LogP contribution is 2.41. The number of aromatic nitrogens is 2. The molecule has 1 aliphatic rings. The van der Waals surface area contributed by atoms with Crippen molar-refractivity contribution >= 4 is 33.1 Å². The summed E-state index contributed by atoms with van der Waals surface area (Å²) in [6.07, 6.45) is -3.68. The molecular formula is C28H29F4N5O5S. The molecular weight excluding hydrogens is 594 g/mol. The zero-order valence-corrected chi connectivity index (χ0v) is 24.7. The minimum absolute atomic E-state index is 0.0307. The van der Waals surface area contributed by atoms with Crippen molar-refractivity contribution in [1.29, 1.82) is 0 Å². The van der Waals surface area contributed by atoms with Crippen molar-refractivity contribution < 1.29 is 40.8 Å². The van der Waals surface area contributed by atoms with Crippen LogP contribution in [0.5, 0.6) is 11.6 Å². The third-order valence-corrected chi connectivity index (χ3v) is 7.50. The summed E-state index contributed by atoms with van der Waals surface area (Å²) in [5.74, 6) is -2.14. The van der Waals surface area contributed by atoms with Crippen LogP contribution in [0.25, 0.3) is 0 Å². The molecule has 0 radical (unpaired) electrons. The molecule has 0 bridgehead atoms. The Morgan fingerprint density at radius 2 is 1.77 bits per heavy atom. The highest BCUT2D eigenvalue weighted by atomic mass is 32.2. The fraction of sp³-hybridized carbons (Fsp3) is 0.357. The molecule has 0 aliphatic heterocycles. The summed E-state index contributed by atoms with van der Waals surface area (Å²) in [5, 5.41) is 12.1. The lowest BCUT2D eigenvalue weighted by Crippen LogP contribution is -2.23. The van der Waals surface area contributed by atoms with E-state index >= 15 is 0 Å². The largest absolute Gasteiger partial charge is 0.442 e. The number of halogens is 4. The number of rotatable bonds is 7. The van der Waals surface area contributed by atoms with Gasteiger partial charge in [-0.05, 0) is 82.5 Å². The van der Waals surface area contributed by atoms with Gasteiger partial charge in [0.15, 0.2) is 5.69 Å². The van der Waals surface area contributed by atoms with Gasteiger partial charge >= 0.3 is 12.3 Å². The first kappa shape index (κ1) is 31.7. The first-order valence-electron chi connectivity index (χ1n) is 13.0. The molecule has 230 valence electrons. The summed E-state index contributed by atoms with van der Waals surface area (Å²) < 4.78 is 83.4. The standard InChI is InChI=1S/C28H29F4N5O5S/c1-15-13-16(29)9-12-20(15)41-25-21(22(33-17-10-11-17)23(35-36-25)28(30,31)32)24(38)34-18-7-6-8-19(14-18)43(5,40)37-26(39)42-27(2,3)4/h6-9,12-14,17H,10-11H2,1-5H3,(H,33,36)(H,34,38)/t43-/m0/s1. The van der Waals surface area contributed by atoms with Gasteiger partial charge in [-0.2, -0.15) is 13.2 Å². The van der Waals surface area contributed by atoms with Crippen molar-refractivity contribution in [3.05, 3.63) is 65.1 Å². The second kappa shape index (κ2) is 11.8. The van der Waals surface area contributed by atoms with E-state index in [1.807, 2.05) is 0 Å². The van der Waals surface area contributed by atoms with Crippen LogP contribution in [0.4, 0.5) is 33.7 Å². The van der Waals surface area contributed by atoms with Crippen molar-refractivity contribution in [3.8, 4) is 11.6 Å². The Morgan fingerprint density at radius 1 is 1.07 bits per heavy atom. The van der Waals surface area contributed by atoms with E-state index in [2.05, 4.69) is 25.2 Å². The van der Waals surface area contributed by atoms with Crippen molar-refractivity contribution in [1.82, 2.24) is 10.2 Å². The fourth-order valence-electron chi connectivity index (χ4n) is 3.78. The molecule has 0 saturated heterocycles. The van der Waals surface area contributed by atoms with E-state index in [1.54, 1.807) is 20.8 Å². The number of alkyl halides is 3. The highest BCUT2D eigenvalue weighted by molar-refractivity contribution is 7.93. The monoisotopic (exact) mass is 623 g/mol. The molecule has 15 heteroatoms. The molecule has 1 atom stereocenters. The third-order valence-electron chi connectivity index (χ3n) is 5.88. The molecule has 4 rings (SSSR count). The normalized spacial score (nSPS) is 14.8. The molecule has 2 aromatic carbocycles. The lowest BCUT2D eigenvalue weighted by atomic mass is 10.1. The van der Waals surface area contributed by atoms with Gasteiger partial charge in [0.2, 0.25) is 0 Å². The zero-order chi connectivity index (χ0) is 31.7. The van der Waals surface area contributed by atoms with Gasteiger partial charge < -0.3 is 20.1 Å². The number of anilines is 2. The van der Waals surface area contributed by atoms with Crippen LogP contribution in [0.15, 0.2) is 51.7 Å². The second-order valence-electron chi connectivity index (χ2n) is 10.9. The van der Waals surface area contributed by atoms with Crippen LogP contribution in [0.1, 0.15) is 55.2 Å². The first-order chi connectivity index (χ1) is 19.9. The molecule has 1 aliphatic carbocycles. The van der Waals surface area contributed by atoms with Gasteiger partial charge in [0.05, 0.1) is 15.4 Å². The Hall–Kier alpha value is -4.27. The first-order valence-corrected chi connectivity index (χ1v) is 14.9. The molecule has 2 amide bonds. The number of hydrogen-bond donors (Lipinski definition) is 2. The minimum Gasteiger partial charge on any atom is -0.442 e. The van der Waals surface area contributed by atoms with E-state index in [1.165, 1.54) is 43.5 Å². The summed E-state index contributed by atoms with van der Waals surface area (Å²) in [7, 11) is -3.34. The predicted molar refractivity (Wildman–Crippen MR) is 150 cm³/mol. The summed E-state index contributed by atoms with van der Waals surface area (Å²) >= 11 is 0. The molecule has 1 fully saturated rings. The molecule has 2 N–H and O–H groups in total. The average molecular weight is 624 g/mol. The van der Waals surface area contributed by atoms with Gasteiger partial charge in [0.1, 0.15) is 22.7 Å². The zero-order valence-electron chi connectivity index (χ0n) is 23.8. The van der Waals surface area contributed by atoms with E-state index in [0.717, 1.165) is 12.1 Å². The maximum absolute atomic E-state index is 14.0. The number of nitrogens with one attached hydrogen (secondary N) is 2. The number of nitrogens with zero attached hydrogens (tertiary/aromatic N) is 3. The quantitative estimate of drug-likeness (QED) is 0.270. The number of benzene rings is 2. The van der Waals surface area contributed by atoms with E-state index in [0.29, 0.717) is 18.4 Å². The number of carbonyl (C=O) groups excluding carboxylic acids is 2. The summed E-state index contributed by atoms with van der Waals surface area (Å²) in [6, 6.07) is 8.65. The molecule has 3 aromatic rings. The molecule has 1 heterocycles. The molecule has 43 heavy (non-hydrogen) atoms. The van der Waals surface area contributed by atoms with Crippen LogP contribution in [0, 0.1) is 12.7 Å². The molecule has 1 aromatic heterocycles. The smallest absolute Gasteiger partial charge is 0.442 e. The van der Waals surface area contributed by atoms with Crippen LogP contribution in [0.3, 0.4) is 0 Å². The predicted octanol–water partition coefficient (Wildman–Crippen LogP) is 6.95. The molecule has 0 spiro atoms. The Balaban J connectivity index is 1.76. The van der Waals surface area contributed by atoms with Gasteiger partial charge in [0.25, 0.3) is 11.8 Å². The van der Waals surface area contributed by atoms with Crippen molar-refractivity contribution in [2.24, 2.45) is 4.36 Å². The average Bonchev–Trinajstić information content (AvgIpc) is 3.68. The second-order valence-corrected chi connectivity index (χ2v) is 13.1. The van der Waals surface area contributed by atoms with Crippen LogP contribution in [0.2, 0.25) is 0 Å². The van der Waals surface area contributed by atoms with Crippen molar-refractivity contribution in [2.45, 2.75) is 63.3 Å². The Labute approximate surface area is 245 Å². The lowest BCUT2D eigenvalue weighted by Gasteiger charge is -2.19. The van der Waals surface area contributed by atoms with E-state index < -0.39 is 62.1 Å². The van der Waals surface area contributed by atoms with Crippen LogP contribution in [-0.4, -0.2) is 44.3 Å². The van der Waals surface area contributed by atoms with Crippen LogP contribution < -0.4 is 15.4 Å². The molecule has 10 nitrogen and oxygen atoms in total. The number of amides is 2. The van der Waals surface area contributed by atoms with E-state index in [4.69, 9.17) is 9.47 Å². The highest BCUT2D eigenvalue weighted by Gasteiger charge is 2.41. The minimum atomic E-state index is -4.97. The fourth-order valence-corrected chi connectivity index (χ4v) is 4.89. The van der Waals surface area contributed by atoms with Crippen LogP contribution in [-0.2, 0) is 20.6 Å². The number of carbonyl (C=O) groups is 2. The van der Waals surface area contributed by atoms with Crippen molar-refractivity contribution in [2.75, 3.05) is 16.9 Å². The molecule has 0 unspecified atom stereocenters. The Bertz CT molecular complexity index is 1690. The maximum atomic E-state index is 14.0. The summed E-state index contributed by atoms with van der Waals surface area (Å²) in [5.41, 5.74) is -3.20. The maximum Gasteiger partial charge on any atom is 0.442 e. The number of hydrogen-bond acceptors (Lipinski definition) is 8. The Morgan fingerprint density at radius 3 is 2.37 bits per heavy atom. The van der Waals surface area contributed by atoms with E-state index in [9.17, 15) is 31.4 Å². The van der Waals surface area contributed by atoms with Crippen molar-refractivity contribution in [3.63, 3.8) is 0 Å². The van der Waals surface area contributed by atoms with Gasteiger partial charge in [-0.3, -0.25) is 4.79 Å². The SMILES string of the molecule is Cc1cc(F)ccc1Oc1nnc(C(F)(F)F)c(NC2CC2)c1C(=O)Nc1cccc([S@](C)(=O)=NC(=O)OC(C)(C)C)c1. The lowest BCUT2D eigenvalue weighted by molar-refractivity contribution is -0.141. The van der Waals surface area contributed by atoms with Gasteiger partial charge in [0, 0.05) is 22.9 Å². The van der Waals surface area contributed by atoms with Gasteiger partial charge in [-0.15, -0.1) is 14.6 Å². The van der Waals surface area contributed by atoms with E-state index in [-0.39, 0.29) is 22.4 Å². The summed E-state index contributed by atoms with van der Waals surface area (Å²) in [4.78, 5) is 25.9. The van der Waals surface area contributed by atoms with Gasteiger partial charge in [-0.25, -0.2) is 13.4 Å². The van der Waals surface area contributed by atoms with Gasteiger partial charge in [-0.1, -0.05) is 6.07 Å².